The van der Waals surface area contributed by atoms with Gasteiger partial charge >= 0.3 is 0 Å². The first kappa shape index (κ1) is 15.9. The predicted octanol–water partition coefficient (Wildman–Crippen LogP) is 2.19. The molecule has 0 spiro atoms. The van der Waals surface area contributed by atoms with Crippen LogP contribution < -0.4 is 5.73 Å². The molecular weight excluding hydrogens is 266 g/mol. The van der Waals surface area contributed by atoms with Crippen molar-refractivity contribution >= 4 is 18.1 Å². The van der Waals surface area contributed by atoms with E-state index in [4.69, 9.17) is 5.73 Å². The Labute approximate surface area is 119 Å². The highest BCUT2D eigenvalue weighted by molar-refractivity contribution is 5.85. The van der Waals surface area contributed by atoms with Crippen LogP contribution in [0.25, 0.3) is 0 Å². The van der Waals surface area contributed by atoms with Gasteiger partial charge in [-0.05, 0) is 31.4 Å². The molecule has 2 atom stereocenters. The summed E-state index contributed by atoms with van der Waals surface area (Å²) in [7, 11) is 0. The van der Waals surface area contributed by atoms with Crippen LogP contribution in [0.2, 0.25) is 0 Å². The van der Waals surface area contributed by atoms with Gasteiger partial charge in [0.25, 0.3) is 5.69 Å². The predicted molar refractivity (Wildman–Crippen MR) is 77.4 cm³/mol. The number of nitrogens with zero attached hydrogens (tertiary/aromatic N) is 2. The van der Waals surface area contributed by atoms with Crippen molar-refractivity contribution in [2.24, 2.45) is 11.7 Å². The van der Waals surface area contributed by atoms with Gasteiger partial charge in [0.15, 0.2) is 0 Å². The van der Waals surface area contributed by atoms with Crippen molar-refractivity contribution in [2.45, 2.75) is 25.9 Å². The molecule has 0 amide bonds. The van der Waals surface area contributed by atoms with Crippen LogP contribution in [-0.4, -0.2) is 29.0 Å². The average Bonchev–Trinajstić information content (AvgIpc) is 2.71. The standard InChI is InChI=1S/C13H19N3O2.ClH/c1-10-6-12(7-14)9-15(10)8-11-2-4-13(5-3-11)16(17)18;/h2-5,10,12H,6-9,14H2,1H3;1H. The van der Waals surface area contributed by atoms with Gasteiger partial charge in [0.1, 0.15) is 0 Å². The maximum Gasteiger partial charge on any atom is 0.269 e. The lowest BCUT2D eigenvalue weighted by atomic mass is 10.1. The summed E-state index contributed by atoms with van der Waals surface area (Å²) in [5, 5.41) is 10.6. The molecule has 106 valence electrons. The van der Waals surface area contributed by atoms with E-state index in [0.717, 1.165) is 31.6 Å². The Bertz CT molecular complexity index is 424. The number of benzene rings is 1. The Kier molecular flexibility index (Phi) is 5.72. The zero-order chi connectivity index (χ0) is 13.1. The fourth-order valence-electron chi connectivity index (χ4n) is 2.57. The smallest absolute Gasteiger partial charge is 0.269 e. The summed E-state index contributed by atoms with van der Waals surface area (Å²) in [5.41, 5.74) is 6.97. The summed E-state index contributed by atoms with van der Waals surface area (Å²) in [6, 6.07) is 7.34. The van der Waals surface area contributed by atoms with Gasteiger partial charge in [-0.25, -0.2) is 0 Å². The van der Waals surface area contributed by atoms with Gasteiger partial charge in [0.05, 0.1) is 4.92 Å². The second-order valence-corrected chi connectivity index (χ2v) is 5.04. The third-order valence-corrected chi connectivity index (χ3v) is 3.66. The molecule has 1 saturated heterocycles. The SMILES string of the molecule is CC1CC(CN)CN1Cc1ccc([N+](=O)[O-])cc1.Cl. The molecule has 1 heterocycles. The van der Waals surface area contributed by atoms with Crippen LogP contribution in [0.4, 0.5) is 5.69 Å². The van der Waals surface area contributed by atoms with Crippen molar-refractivity contribution in [1.29, 1.82) is 0 Å². The first-order valence-corrected chi connectivity index (χ1v) is 6.27. The summed E-state index contributed by atoms with van der Waals surface area (Å²) < 4.78 is 0. The van der Waals surface area contributed by atoms with E-state index < -0.39 is 0 Å². The molecule has 2 unspecified atom stereocenters. The average molecular weight is 286 g/mol. The Balaban J connectivity index is 0.00000180. The van der Waals surface area contributed by atoms with E-state index in [1.807, 2.05) is 12.1 Å². The van der Waals surface area contributed by atoms with E-state index in [2.05, 4.69) is 11.8 Å². The van der Waals surface area contributed by atoms with Crippen molar-refractivity contribution in [1.82, 2.24) is 4.90 Å². The number of nitro benzene ring substituents is 1. The number of rotatable bonds is 4. The molecule has 2 N–H and O–H groups in total. The zero-order valence-corrected chi connectivity index (χ0v) is 11.8. The van der Waals surface area contributed by atoms with Gasteiger partial charge in [-0.15, -0.1) is 12.4 Å². The third kappa shape index (κ3) is 3.89. The van der Waals surface area contributed by atoms with Crippen molar-refractivity contribution in [3.8, 4) is 0 Å². The van der Waals surface area contributed by atoms with Crippen LogP contribution in [0.3, 0.4) is 0 Å². The van der Waals surface area contributed by atoms with Gasteiger partial charge in [-0.2, -0.15) is 0 Å². The van der Waals surface area contributed by atoms with Gasteiger partial charge in [-0.1, -0.05) is 12.1 Å². The highest BCUT2D eigenvalue weighted by atomic mass is 35.5. The van der Waals surface area contributed by atoms with E-state index in [1.165, 1.54) is 0 Å². The summed E-state index contributed by atoms with van der Waals surface area (Å²) >= 11 is 0. The van der Waals surface area contributed by atoms with Crippen molar-refractivity contribution in [3.63, 3.8) is 0 Å². The Morgan fingerprint density at radius 3 is 2.53 bits per heavy atom. The summed E-state index contributed by atoms with van der Waals surface area (Å²) in [4.78, 5) is 12.6. The number of likely N-dealkylation sites (tertiary alicyclic amines) is 1. The molecule has 1 aromatic carbocycles. The molecule has 19 heavy (non-hydrogen) atoms. The number of hydrogen-bond acceptors (Lipinski definition) is 4. The van der Waals surface area contributed by atoms with Crippen molar-refractivity contribution in [2.75, 3.05) is 13.1 Å². The summed E-state index contributed by atoms with van der Waals surface area (Å²) in [6.07, 6.45) is 1.14. The van der Waals surface area contributed by atoms with Crippen LogP contribution in [0, 0.1) is 16.0 Å². The van der Waals surface area contributed by atoms with E-state index in [1.54, 1.807) is 12.1 Å². The number of nitrogens with two attached hydrogens (primary N) is 1. The molecule has 1 fully saturated rings. The second-order valence-electron chi connectivity index (χ2n) is 5.04. The van der Waals surface area contributed by atoms with E-state index in [0.29, 0.717) is 12.0 Å². The largest absolute Gasteiger partial charge is 0.330 e. The first-order valence-electron chi connectivity index (χ1n) is 6.27. The van der Waals surface area contributed by atoms with Crippen LogP contribution >= 0.6 is 12.4 Å². The van der Waals surface area contributed by atoms with E-state index in [9.17, 15) is 10.1 Å². The highest BCUT2D eigenvalue weighted by Gasteiger charge is 2.27. The third-order valence-electron chi connectivity index (χ3n) is 3.66. The maximum absolute atomic E-state index is 10.6. The maximum atomic E-state index is 10.6. The Morgan fingerprint density at radius 1 is 1.42 bits per heavy atom. The molecule has 0 bridgehead atoms. The van der Waals surface area contributed by atoms with Crippen LogP contribution in [0.1, 0.15) is 18.9 Å². The monoisotopic (exact) mass is 285 g/mol. The van der Waals surface area contributed by atoms with Crippen LogP contribution in [0.5, 0.6) is 0 Å². The normalized spacial score (nSPS) is 23.1. The lowest BCUT2D eigenvalue weighted by Gasteiger charge is -2.20. The Hall–Kier alpha value is -1.17. The number of nitro groups is 1. The topological polar surface area (TPSA) is 72.4 Å². The quantitative estimate of drug-likeness (QED) is 0.680. The summed E-state index contributed by atoms with van der Waals surface area (Å²) in [6.45, 7) is 4.81. The van der Waals surface area contributed by atoms with Crippen LogP contribution in [-0.2, 0) is 6.54 Å². The first-order chi connectivity index (χ1) is 8.60. The van der Waals surface area contributed by atoms with Gasteiger partial charge in [0, 0.05) is 31.3 Å². The highest BCUT2D eigenvalue weighted by Crippen LogP contribution is 2.24. The molecule has 5 nitrogen and oxygen atoms in total. The molecular formula is C13H20ClN3O2. The van der Waals surface area contributed by atoms with Crippen LogP contribution in [0.15, 0.2) is 24.3 Å². The Morgan fingerprint density at radius 2 is 2.05 bits per heavy atom. The second kappa shape index (κ2) is 6.84. The molecule has 1 aromatic rings. The summed E-state index contributed by atoms with van der Waals surface area (Å²) in [5.74, 6) is 0.582. The minimum Gasteiger partial charge on any atom is -0.330 e. The van der Waals surface area contributed by atoms with E-state index >= 15 is 0 Å². The van der Waals surface area contributed by atoms with Gasteiger partial charge in [-0.3, -0.25) is 15.0 Å². The van der Waals surface area contributed by atoms with E-state index in [-0.39, 0.29) is 23.0 Å². The molecule has 0 saturated carbocycles. The van der Waals surface area contributed by atoms with Crippen molar-refractivity contribution in [3.05, 3.63) is 39.9 Å². The zero-order valence-electron chi connectivity index (χ0n) is 11.0. The lowest BCUT2D eigenvalue weighted by molar-refractivity contribution is -0.384. The molecule has 0 aliphatic carbocycles. The van der Waals surface area contributed by atoms with Crippen molar-refractivity contribution < 1.29 is 4.92 Å². The molecule has 0 radical (unpaired) electrons. The minimum absolute atomic E-state index is 0. The molecule has 1 aliphatic rings. The molecule has 6 heteroatoms. The lowest BCUT2D eigenvalue weighted by Crippen LogP contribution is -2.27. The van der Waals surface area contributed by atoms with Gasteiger partial charge in [0.2, 0.25) is 0 Å². The number of halogens is 1. The number of hydrogen-bond donors (Lipinski definition) is 1. The van der Waals surface area contributed by atoms with Gasteiger partial charge < -0.3 is 5.73 Å². The number of non-ortho nitro benzene ring substituents is 1. The fraction of sp³-hybridized carbons (Fsp3) is 0.538. The fourth-order valence-corrected chi connectivity index (χ4v) is 2.57. The minimum atomic E-state index is -0.368. The molecule has 0 aromatic heterocycles. The molecule has 2 rings (SSSR count). The molecule has 1 aliphatic heterocycles.